The summed E-state index contributed by atoms with van der Waals surface area (Å²) in [6, 6.07) is 15.9. The predicted octanol–water partition coefficient (Wildman–Crippen LogP) is 8.41. The van der Waals surface area contributed by atoms with E-state index in [0.29, 0.717) is 16.7 Å². The van der Waals surface area contributed by atoms with Crippen LogP contribution in [0, 0.1) is 24.3 Å². The molecular weight excluding hydrogens is 613 g/mol. The molecule has 3 aromatic rings. The third-order valence-electron chi connectivity index (χ3n) is 5.81. The van der Waals surface area contributed by atoms with Crippen LogP contribution in [0.15, 0.2) is 73.0 Å². The number of carbonyl (C=O) groups is 1. The van der Waals surface area contributed by atoms with E-state index >= 15 is 0 Å². The first-order valence-electron chi connectivity index (χ1n) is 10.9. The van der Waals surface area contributed by atoms with Crippen molar-refractivity contribution >= 4 is 29.8 Å². The molecule has 0 bridgehead atoms. The van der Waals surface area contributed by atoms with E-state index < -0.39 is 49.7 Å². The van der Waals surface area contributed by atoms with Gasteiger partial charge in [0, 0.05) is 0 Å². The molecule has 0 N–H and O–H groups in total. The van der Waals surface area contributed by atoms with Crippen LogP contribution in [-0.4, -0.2) is 18.3 Å². The minimum absolute atomic E-state index is 0.0107. The van der Waals surface area contributed by atoms with Crippen LogP contribution in [0.4, 0.5) is 26.3 Å². The zero-order valence-electron chi connectivity index (χ0n) is 19.8. The van der Waals surface area contributed by atoms with Crippen molar-refractivity contribution in [3.05, 3.63) is 110 Å². The fourth-order valence-corrected chi connectivity index (χ4v) is 9.67. The second-order valence-electron chi connectivity index (χ2n) is 8.49. The van der Waals surface area contributed by atoms with Gasteiger partial charge in [0.2, 0.25) is 0 Å². The van der Waals surface area contributed by atoms with Gasteiger partial charge >= 0.3 is 217 Å². The van der Waals surface area contributed by atoms with E-state index in [1.165, 1.54) is 24.3 Å². The number of alkyl halides is 6. The van der Waals surface area contributed by atoms with Crippen molar-refractivity contribution < 1.29 is 38.9 Å². The number of esters is 1. The molecule has 1 aliphatic rings. The molecular formula is C27H21F6IO3. The molecule has 37 heavy (non-hydrogen) atoms. The van der Waals surface area contributed by atoms with Gasteiger partial charge in [-0.2, -0.15) is 0 Å². The maximum absolute atomic E-state index is 14.2. The molecule has 1 aliphatic heterocycles. The van der Waals surface area contributed by atoms with E-state index in [-0.39, 0.29) is 12.7 Å². The fraction of sp³-hybridized carbons (Fsp3) is 0.222. The second-order valence-corrected chi connectivity index (χ2v) is 12.7. The van der Waals surface area contributed by atoms with Crippen LogP contribution in [0.1, 0.15) is 38.2 Å². The van der Waals surface area contributed by atoms with E-state index in [1.54, 1.807) is 44.2 Å². The molecule has 0 saturated carbocycles. The van der Waals surface area contributed by atoms with E-state index in [2.05, 4.69) is 0 Å². The molecule has 10 heteroatoms. The number of ether oxygens (including phenoxy) is 1. The first kappa shape index (κ1) is 27.2. The van der Waals surface area contributed by atoms with Crippen molar-refractivity contribution in [3.63, 3.8) is 0 Å². The number of fused-ring (bicyclic) bond motifs is 1. The van der Waals surface area contributed by atoms with E-state index in [1.807, 2.05) is 6.92 Å². The molecule has 0 fully saturated rings. The fourth-order valence-electron chi connectivity index (χ4n) is 4.27. The number of rotatable bonds is 4. The van der Waals surface area contributed by atoms with Crippen molar-refractivity contribution in [1.29, 1.82) is 0 Å². The molecule has 0 aliphatic carbocycles. The van der Waals surface area contributed by atoms with Crippen molar-refractivity contribution in [2.45, 2.75) is 38.7 Å². The van der Waals surface area contributed by atoms with Gasteiger partial charge in [0.15, 0.2) is 0 Å². The summed E-state index contributed by atoms with van der Waals surface area (Å²) in [5, 5.41) is 0. The Kier molecular flexibility index (Phi) is 7.19. The van der Waals surface area contributed by atoms with Crippen molar-refractivity contribution in [3.8, 4) is 0 Å². The van der Waals surface area contributed by atoms with Crippen molar-refractivity contribution in [2.24, 2.45) is 0 Å². The summed E-state index contributed by atoms with van der Waals surface area (Å²) in [5.41, 5.74) is -2.72. The summed E-state index contributed by atoms with van der Waals surface area (Å²) in [6.07, 6.45) is -10.6. The molecule has 4 rings (SSSR count). The molecule has 0 unspecified atom stereocenters. The average molecular weight is 634 g/mol. The number of halogens is 7. The molecule has 0 aromatic heterocycles. The Morgan fingerprint density at radius 3 is 1.97 bits per heavy atom. The second kappa shape index (κ2) is 9.79. The average Bonchev–Trinajstić information content (AvgIpc) is 3.16. The first-order chi connectivity index (χ1) is 17.3. The zero-order chi connectivity index (χ0) is 27.2. The van der Waals surface area contributed by atoms with E-state index in [9.17, 15) is 31.1 Å². The quantitative estimate of drug-likeness (QED) is 0.125. The monoisotopic (exact) mass is 634 g/mol. The Hall–Kier alpha value is -2.86. The zero-order valence-corrected chi connectivity index (χ0v) is 22.0. The van der Waals surface area contributed by atoms with Gasteiger partial charge < -0.3 is 0 Å². The standard InChI is InChI=1S/C27H21F6IO3/c1-16-13-17(2)23(18(3)14-16)24(35)36-15-22(19-9-5-4-6-10-19)34-21-12-8-7-11-20(21)25(37-34,26(28,29)30)27(31,32)33/h4-15H,1-3H3/b22-15+. The van der Waals surface area contributed by atoms with Crippen LogP contribution >= 0.6 is 20.2 Å². The Morgan fingerprint density at radius 2 is 1.41 bits per heavy atom. The van der Waals surface area contributed by atoms with Gasteiger partial charge in [0.1, 0.15) is 0 Å². The van der Waals surface area contributed by atoms with Gasteiger partial charge in [-0.15, -0.1) is 0 Å². The molecule has 0 atom stereocenters. The Morgan fingerprint density at radius 1 is 0.865 bits per heavy atom. The Balaban J connectivity index is 1.86. The SMILES string of the molecule is Cc1cc(C)c(C(=O)O/C=C(\c2ccccc2)I2OC(C(F)(F)F)(C(F)(F)F)c3ccccc32)c(C)c1. The molecule has 196 valence electrons. The number of carbonyl (C=O) groups excluding carboxylic acids is 1. The third-order valence-corrected chi connectivity index (χ3v) is 10.8. The number of benzene rings is 3. The summed E-state index contributed by atoms with van der Waals surface area (Å²) < 4.78 is 95.3. The van der Waals surface area contributed by atoms with Gasteiger partial charge in [-0.25, -0.2) is 0 Å². The van der Waals surface area contributed by atoms with Gasteiger partial charge in [0.05, 0.1) is 0 Å². The van der Waals surface area contributed by atoms with E-state index in [0.717, 1.165) is 24.0 Å². The molecule has 0 spiro atoms. The number of hydrogen-bond acceptors (Lipinski definition) is 3. The molecule has 0 amide bonds. The third kappa shape index (κ3) is 4.76. The summed E-state index contributed by atoms with van der Waals surface area (Å²) in [7, 11) is 0. The molecule has 1 heterocycles. The Labute approximate surface area is 217 Å². The van der Waals surface area contributed by atoms with Crippen LogP contribution in [0.25, 0.3) is 3.58 Å². The number of aryl methyl sites for hydroxylation is 3. The summed E-state index contributed by atoms with van der Waals surface area (Å²) in [6.45, 7) is 5.29. The molecule has 0 saturated heterocycles. The van der Waals surface area contributed by atoms with E-state index in [4.69, 9.17) is 7.80 Å². The molecule has 0 radical (unpaired) electrons. The number of hydrogen-bond donors (Lipinski definition) is 0. The van der Waals surface area contributed by atoms with Gasteiger partial charge in [0.25, 0.3) is 0 Å². The van der Waals surface area contributed by atoms with Crippen molar-refractivity contribution in [2.75, 3.05) is 0 Å². The van der Waals surface area contributed by atoms with Crippen molar-refractivity contribution in [1.82, 2.24) is 0 Å². The van der Waals surface area contributed by atoms with Crippen LogP contribution in [0.5, 0.6) is 0 Å². The summed E-state index contributed by atoms with van der Waals surface area (Å²) in [4.78, 5) is 13.0. The predicted molar refractivity (Wildman–Crippen MR) is 135 cm³/mol. The van der Waals surface area contributed by atoms with Crippen LogP contribution < -0.4 is 0 Å². The van der Waals surface area contributed by atoms with Gasteiger partial charge in [-0.05, 0) is 0 Å². The first-order valence-corrected chi connectivity index (χ1v) is 14.0. The topological polar surface area (TPSA) is 35.5 Å². The molecule has 3 aromatic carbocycles. The Bertz CT molecular complexity index is 1330. The normalized spacial score (nSPS) is 16.5. The van der Waals surface area contributed by atoms with Crippen LogP contribution in [0.2, 0.25) is 0 Å². The molecule has 3 nitrogen and oxygen atoms in total. The van der Waals surface area contributed by atoms with Gasteiger partial charge in [-0.1, -0.05) is 0 Å². The van der Waals surface area contributed by atoms with Gasteiger partial charge in [-0.3, -0.25) is 0 Å². The summed E-state index contributed by atoms with van der Waals surface area (Å²) >= 11 is -3.92. The van der Waals surface area contributed by atoms with Crippen LogP contribution in [-0.2, 0) is 13.4 Å². The maximum atomic E-state index is 14.2. The minimum atomic E-state index is -5.78. The summed E-state index contributed by atoms with van der Waals surface area (Å²) in [5.74, 6) is -0.773. The van der Waals surface area contributed by atoms with Crippen LogP contribution in [0.3, 0.4) is 0 Å².